The van der Waals surface area contributed by atoms with E-state index >= 15 is 0 Å². The molecule has 0 radical (unpaired) electrons. The van der Waals surface area contributed by atoms with Crippen molar-refractivity contribution >= 4 is 17.6 Å². The van der Waals surface area contributed by atoms with E-state index in [1.54, 1.807) is 6.92 Å². The SMILES string of the molecule is CC(CC(=O)O)C(=O)N(c1ccccc1)C1CCCCC1. The number of amides is 1. The highest BCUT2D eigenvalue weighted by Crippen LogP contribution is 2.29. The molecule has 1 aliphatic rings. The van der Waals surface area contributed by atoms with Gasteiger partial charge < -0.3 is 10.0 Å². The van der Waals surface area contributed by atoms with E-state index in [0.717, 1.165) is 31.4 Å². The number of carbonyl (C=O) groups is 2. The van der Waals surface area contributed by atoms with Gasteiger partial charge in [-0.3, -0.25) is 9.59 Å². The molecule has 0 heterocycles. The van der Waals surface area contributed by atoms with E-state index < -0.39 is 11.9 Å². The van der Waals surface area contributed by atoms with Crippen molar-refractivity contribution < 1.29 is 14.7 Å². The van der Waals surface area contributed by atoms with Crippen molar-refractivity contribution in [3.63, 3.8) is 0 Å². The standard InChI is InChI=1S/C17H23NO3/c1-13(12-16(19)20)17(21)18(14-8-4-2-5-9-14)15-10-6-3-7-11-15/h2,4-5,8-9,13,15H,3,6-7,10-12H2,1H3,(H,19,20). The number of aliphatic carboxylic acids is 1. The van der Waals surface area contributed by atoms with Crippen LogP contribution in [0.1, 0.15) is 45.4 Å². The Morgan fingerprint density at radius 1 is 1.19 bits per heavy atom. The summed E-state index contributed by atoms with van der Waals surface area (Å²) in [4.78, 5) is 25.5. The number of carbonyl (C=O) groups excluding carboxylic acids is 1. The van der Waals surface area contributed by atoms with Crippen LogP contribution in [0.2, 0.25) is 0 Å². The zero-order valence-electron chi connectivity index (χ0n) is 12.5. The van der Waals surface area contributed by atoms with Gasteiger partial charge in [-0.05, 0) is 25.0 Å². The molecule has 1 aromatic rings. The molecule has 0 spiro atoms. The quantitative estimate of drug-likeness (QED) is 0.903. The van der Waals surface area contributed by atoms with Gasteiger partial charge in [0.25, 0.3) is 0 Å². The van der Waals surface area contributed by atoms with Gasteiger partial charge in [0.05, 0.1) is 6.42 Å². The Balaban J connectivity index is 2.22. The lowest BCUT2D eigenvalue weighted by Gasteiger charge is -2.36. The van der Waals surface area contributed by atoms with Crippen LogP contribution in [0.25, 0.3) is 0 Å². The fraction of sp³-hybridized carbons (Fsp3) is 0.529. The summed E-state index contributed by atoms with van der Waals surface area (Å²) in [5.41, 5.74) is 0.881. The van der Waals surface area contributed by atoms with Crippen molar-refractivity contribution in [3.05, 3.63) is 30.3 Å². The number of nitrogens with zero attached hydrogens (tertiary/aromatic N) is 1. The second-order valence-corrected chi connectivity index (χ2v) is 5.83. The number of carboxylic acids is 1. The molecule has 0 aromatic heterocycles. The molecule has 1 saturated carbocycles. The molecule has 1 N–H and O–H groups in total. The molecule has 1 amide bonds. The summed E-state index contributed by atoms with van der Waals surface area (Å²) in [5, 5.41) is 8.92. The Morgan fingerprint density at radius 3 is 2.38 bits per heavy atom. The molecule has 4 nitrogen and oxygen atoms in total. The van der Waals surface area contributed by atoms with E-state index in [-0.39, 0.29) is 18.4 Å². The fourth-order valence-electron chi connectivity index (χ4n) is 3.03. The van der Waals surface area contributed by atoms with Crippen LogP contribution >= 0.6 is 0 Å². The molecule has 21 heavy (non-hydrogen) atoms. The van der Waals surface area contributed by atoms with E-state index in [1.807, 2.05) is 35.2 Å². The minimum atomic E-state index is -0.924. The van der Waals surface area contributed by atoms with Crippen LogP contribution in [0.5, 0.6) is 0 Å². The van der Waals surface area contributed by atoms with E-state index in [0.29, 0.717) is 0 Å². The van der Waals surface area contributed by atoms with Crippen LogP contribution in [0.15, 0.2) is 30.3 Å². The van der Waals surface area contributed by atoms with Crippen LogP contribution < -0.4 is 4.90 Å². The first kappa shape index (κ1) is 15.5. The third-order valence-corrected chi connectivity index (χ3v) is 4.11. The maximum absolute atomic E-state index is 12.7. The van der Waals surface area contributed by atoms with Gasteiger partial charge >= 0.3 is 5.97 Å². The average molecular weight is 289 g/mol. The van der Waals surface area contributed by atoms with Gasteiger partial charge in [-0.1, -0.05) is 44.4 Å². The number of anilines is 1. The molecule has 114 valence electrons. The summed E-state index contributed by atoms with van der Waals surface area (Å²) in [6.07, 6.45) is 5.37. The largest absolute Gasteiger partial charge is 0.481 e. The van der Waals surface area contributed by atoms with Crippen LogP contribution in [0, 0.1) is 5.92 Å². The van der Waals surface area contributed by atoms with E-state index in [2.05, 4.69) is 0 Å². The van der Waals surface area contributed by atoms with Gasteiger partial charge in [0.15, 0.2) is 0 Å². The summed E-state index contributed by atoms with van der Waals surface area (Å²) in [6, 6.07) is 9.82. The van der Waals surface area contributed by atoms with Crippen molar-refractivity contribution in [2.24, 2.45) is 5.92 Å². The summed E-state index contributed by atoms with van der Waals surface area (Å²) in [5.74, 6) is -1.49. The zero-order valence-corrected chi connectivity index (χ0v) is 12.5. The van der Waals surface area contributed by atoms with E-state index in [1.165, 1.54) is 6.42 Å². The number of benzene rings is 1. The fourth-order valence-corrected chi connectivity index (χ4v) is 3.03. The van der Waals surface area contributed by atoms with Gasteiger partial charge in [-0.25, -0.2) is 0 Å². The van der Waals surface area contributed by atoms with E-state index in [9.17, 15) is 9.59 Å². The smallest absolute Gasteiger partial charge is 0.304 e. The number of rotatable bonds is 5. The van der Waals surface area contributed by atoms with Crippen molar-refractivity contribution in [2.75, 3.05) is 4.90 Å². The lowest BCUT2D eigenvalue weighted by atomic mass is 9.92. The Hall–Kier alpha value is -1.84. The lowest BCUT2D eigenvalue weighted by molar-refractivity contribution is -0.140. The van der Waals surface area contributed by atoms with Gasteiger partial charge in [-0.2, -0.15) is 0 Å². The highest BCUT2D eigenvalue weighted by molar-refractivity contribution is 5.96. The van der Waals surface area contributed by atoms with Gasteiger partial charge in [0.1, 0.15) is 0 Å². The molecule has 1 unspecified atom stereocenters. The second-order valence-electron chi connectivity index (χ2n) is 5.83. The van der Waals surface area contributed by atoms with E-state index in [4.69, 9.17) is 5.11 Å². The molecule has 1 fully saturated rings. The highest BCUT2D eigenvalue weighted by atomic mass is 16.4. The summed E-state index contributed by atoms with van der Waals surface area (Å²) in [7, 11) is 0. The number of hydrogen-bond acceptors (Lipinski definition) is 2. The first-order valence-electron chi connectivity index (χ1n) is 7.69. The molecule has 0 bridgehead atoms. The normalized spacial score (nSPS) is 17.2. The van der Waals surface area contributed by atoms with Gasteiger partial charge in [0, 0.05) is 17.6 Å². The third-order valence-electron chi connectivity index (χ3n) is 4.11. The third kappa shape index (κ3) is 4.06. The van der Waals surface area contributed by atoms with Crippen molar-refractivity contribution in [1.82, 2.24) is 0 Å². The minimum Gasteiger partial charge on any atom is -0.481 e. The lowest BCUT2D eigenvalue weighted by Crippen LogP contribution is -2.44. The number of para-hydroxylation sites is 1. The van der Waals surface area contributed by atoms with Gasteiger partial charge in [0.2, 0.25) is 5.91 Å². The Labute approximate surface area is 125 Å². The molecular formula is C17H23NO3. The molecule has 1 aromatic carbocycles. The predicted octanol–water partition coefficient (Wildman–Crippen LogP) is 3.46. The maximum Gasteiger partial charge on any atom is 0.304 e. The topological polar surface area (TPSA) is 57.6 Å². The Morgan fingerprint density at radius 2 is 1.81 bits per heavy atom. The predicted molar refractivity (Wildman–Crippen MR) is 82.2 cm³/mol. The van der Waals surface area contributed by atoms with Crippen molar-refractivity contribution in [2.45, 2.75) is 51.5 Å². The first-order chi connectivity index (χ1) is 10.1. The minimum absolute atomic E-state index is 0.0736. The number of carboxylic acid groups (broad SMARTS) is 1. The maximum atomic E-state index is 12.7. The van der Waals surface area contributed by atoms with Crippen molar-refractivity contribution in [1.29, 1.82) is 0 Å². The first-order valence-corrected chi connectivity index (χ1v) is 7.69. The van der Waals surface area contributed by atoms with Crippen LogP contribution in [0.3, 0.4) is 0 Å². The Kier molecular flexibility index (Phi) is 5.37. The second kappa shape index (κ2) is 7.25. The average Bonchev–Trinajstić information content (AvgIpc) is 2.49. The molecular weight excluding hydrogens is 266 g/mol. The highest BCUT2D eigenvalue weighted by Gasteiger charge is 2.30. The summed E-state index contributed by atoms with van der Waals surface area (Å²) >= 11 is 0. The van der Waals surface area contributed by atoms with Crippen molar-refractivity contribution in [3.8, 4) is 0 Å². The molecule has 0 saturated heterocycles. The van der Waals surface area contributed by atoms with Crippen LogP contribution in [-0.4, -0.2) is 23.0 Å². The molecule has 1 atom stereocenters. The van der Waals surface area contributed by atoms with Crippen LogP contribution in [0.4, 0.5) is 5.69 Å². The van der Waals surface area contributed by atoms with Gasteiger partial charge in [-0.15, -0.1) is 0 Å². The molecule has 4 heteroatoms. The number of hydrogen-bond donors (Lipinski definition) is 1. The zero-order chi connectivity index (χ0) is 15.2. The summed E-state index contributed by atoms with van der Waals surface area (Å²) < 4.78 is 0. The molecule has 1 aliphatic carbocycles. The molecule has 2 rings (SSSR count). The molecule has 0 aliphatic heterocycles. The van der Waals surface area contributed by atoms with Crippen LogP contribution in [-0.2, 0) is 9.59 Å². The monoisotopic (exact) mass is 289 g/mol. The Bertz CT molecular complexity index is 480. The summed E-state index contributed by atoms with van der Waals surface area (Å²) in [6.45, 7) is 1.70.